The number of hydrogen-bond donors (Lipinski definition) is 1. The van der Waals surface area contributed by atoms with Gasteiger partial charge in [-0.3, -0.25) is 4.79 Å². The molecule has 0 bridgehead atoms. The van der Waals surface area contributed by atoms with E-state index in [-0.39, 0.29) is 35.4 Å². The number of hydrogen-bond acceptors (Lipinski definition) is 7. The van der Waals surface area contributed by atoms with Crippen LogP contribution in [0, 0.1) is 5.92 Å². The van der Waals surface area contributed by atoms with E-state index in [1.54, 1.807) is 32.4 Å². The van der Waals surface area contributed by atoms with E-state index in [1.165, 1.54) is 23.5 Å². The first-order valence-electron chi connectivity index (χ1n) is 10.5. The molecule has 178 valence electrons. The second kappa shape index (κ2) is 10.7. The standard InChI is InChI=1S/C23H28N2O7S/c1-30-18-12-16(13-19(14-18)31-2)15-24-22(26)17-8-10-25(11-9-17)33(28,29)21-7-5-4-6-20(21)23(27)32-3/h4-7,12-14,17H,8-11,15H2,1-3H3,(H,24,26). The number of carbonyl (C=O) groups excluding carboxylic acids is 2. The van der Waals surface area contributed by atoms with E-state index < -0.39 is 16.0 Å². The zero-order valence-corrected chi connectivity index (χ0v) is 19.7. The van der Waals surface area contributed by atoms with Gasteiger partial charge in [-0.1, -0.05) is 12.1 Å². The van der Waals surface area contributed by atoms with Gasteiger partial charge in [0.05, 0.1) is 31.8 Å². The van der Waals surface area contributed by atoms with Gasteiger partial charge in [0.15, 0.2) is 0 Å². The van der Waals surface area contributed by atoms with Crippen molar-refractivity contribution in [2.75, 3.05) is 34.4 Å². The van der Waals surface area contributed by atoms with Gasteiger partial charge in [-0.15, -0.1) is 0 Å². The van der Waals surface area contributed by atoms with Gasteiger partial charge in [0.2, 0.25) is 15.9 Å². The molecular weight excluding hydrogens is 448 g/mol. The van der Waals surface area contributed by atoms with Crippen molar-refractivity contribution in [2.24, 2.45) is 5.92 Å². The minimum Gasteiger partial charge on any atom is -0.497 e. The first kappa shape index (κ1) is 24.5. The van der Waals surface area contributed by atoms with Crippen molar-refractivity contribution in [3.05, 3.63) is 53.6 Å². The summed E-state index contributed by atoms with van der Waals surface area (Å²) in [5, 5.41) is 2.91. The van der Waals surface area contributed by atoms with Crippen LogP contribution in [0.2, 0.25) is 0 Å². The van der Waals surface area contributed by atoms with E-state index in [4.69, 9.17) is 14.2 Å². The highest BCUT2D eigenvalue weighted by Gasteiger charge is 2.34. The second-order valence-corrected chi connectivity index (χ2v) is 9.51. The molecule has 0 saturated carbocycles. The van der Waals surface area contributed by atoms with Gasteiger partial charge in [0, 0.05) is 31.6 Å². The summed E-state index contributed by atoms with van der Waals surface area (Å²) in [4.78, 5) is 24.6. The third-order valence-corrected chi connectivity index (χ3v) is 7.57. The van der Waals surface area contributed by atoms with E-state index in [1.807, 2.05) is 12.1 Å². The molecule has 1 saturated heterocycles. The third-order valence-electron chi connectivity index (χ3n) is 5.61. The number of ether oxygens (including phenoxy) is 3. The molecule has 3 rings (SSSR count). The van der Waals surface area contributed by atoms with E-state index in [0.717, 1.165) is 5.56 Å². The van der Waals surface area contributed by atoms with Crippen molar-refractivity contribution in [3.8, 4) is 11.5 Å². The van der Waals surface area contributed by atoms with E-state index in [9.17, 15) is 18.0 Å². The molecule has 1 fully saturated rings. The lowest BCUT2D eigenvalue weighted by Gasteiger charge is -2.31. The van der Waals surface area contributed by atoms with Crippen molar-refractivity contribution in [3.63, 3.8) is 0 Å². The molecule has 1 N–H and O–H groups in total. The molecule has 1 aliphatic heterocycles. The molecule has 2 aromatic rings. The molecule has 0 aromatic heterocycles. The molecule has 0 atom stereocenters. The molecule has 0 radical (unpaired) electrons. The Labute approximate surface area is 193 Å². The zero-order chi connectivity index (χ0) is 24.0. The van der Waals surface area contributed by atoms with E-state index in [0.29, 0.717) is 30.9 Å². The first-order chi connectivity index (χ1) is 15.8. The predicted octanol–water partition coefficient (Wildman–Crippen LogP) is 2.21. The summed E-state index contributed by atoms with van der Waals surface area (Å²) in [5.41, 5.74) is 0.826. The van der Waals surface area contributed by atoms with Crippen LogP contribution < -0.4 is 14.8 Å². The Bertz CT molecular complexity index is 1090. The molecule has 2 aromatic carbocycles. The minimum atomic E-state index is -3.89. The number of nitrogens with zero attached hydrogens (tertiary/aromatic N) is 1. The van der Waals surface area contributed by atoms with Crippen LogP contribution in [0.25, 0.3) is 0 Å². The van der Waals surface area contributed by atoms with Crippen molar-refractivity contribution in [1.29, 1.82) is 0 Å². The fourth-order valence-corrected chi connectivity index (χ4v) is 5.42. The Morgan fingerprint density at radius 2 is 1.61 bits per heavy atom. The Morgan fingerprint density at radius 3 is 2.18 bits per heavy atom. The summed E-state index contributed by atoms with van der Waals surface area (Å²) in [6.45, 7) is 0.670. The van der Waals surface area contributed by atoms with Crippen LogP contribution in [0.15, 0.2) is 47.4 Å². The Hall–Kier alpha value is -3.11. The molecule has 1 heterocycles. The molecule has 33 heavy (non-hydrogen) atoms. The average Bonchev–Trinajstić information content (AvgIpc) is 2.86. The quantitative estimate of drug-likeness (QED) is 0.582. The molecule has 0 spiro atoms. The normalized spacial score (nSPS) is 15.0. The number of benzene rings is 2. The highest BCUT2D eigenvalue weighted by molar-refractivity contribution is 7.89. The monoisotopic (exact) mass is 476 g/mol. The lowest BCUT2D eigenvalue weighted by molar-refractivity contribution is -0.126. The average molecular weight is 477 g/mol. The Kier molecular flexibility index (Phi) is 7.93. The zero-order valence-electron chi connectivity index (χ0n) is 18.9. The summed E-state index contributed by atoms with van der Waals surface area (Å²) < 4.78 is 42.8. The van der Waals surface area contributed by atoms with Crippen LogP contribution in [0.1, 0.15) is 28.8 Å². The fraction of sp³-hybridized carbons (Fsp3) is 0.391. The summed E-state index contributed by atoms with van der Waals surface area (Å²) in [7, 11) is 0.427. The van der Waals surface area contributed by atoms with Crippen molar-refractivity contribution < 1.29 is 32.2 Å². The van der Waals surface area contributed by atoms with Crippen molar-refractivity contribution >= 4 is 21.9 Å². The van der Waals surface area contributed by atoms with Crippen LogP contribution >= 0.6 is 0 Å². The second-order valence-electron chi connectivity index (χ2n) is 7.60. The number of sulfonamides is 1. The van der Waals surface area contributed by atoms with Crippen LogP contribution in [-0.2, 0) is 26.1 Å². The van der Waals surface area contributed by atoms with Gasteiger partial charge >= 0.3 is 5.97 Å². The van der Waals surface area contributed by atoms with Gasteiger partial charge in [-0.25, -0.2) is 13.2 Å². The molecule has 1 aliphatic rings. The maximum Gasteiger partial charge on any atom is 0.339 e. The number of amides is 1. The maximum absolute atomic E-state index is 13.1. The van der Waals surface area contributed by atoms with Crippen LogP contribution in [0.5, 0.6) is 11.5 Å². The maximum atomic E-state index is 13.1. The third kappa shape index (κ3) is 5.63. The first-order valence-corrected chi connectivity index (χ1v) is 11.9. The molecular formula is C23H28N2O7S. The number of piperidine rings is 1. The summed E-state index contributed by atoms with van der Waals surface area (Å²) >= 11 is 0. The molecule has 9 nitrogen and oxygen atoms in total. The highest BCUT2D eigenvalue weighted by atomic mass is 32.2. The number of methoxy groups -OCH3 is 3. The van der Waals surface area contributed by atoms with Crippen molar-refractivity contribution in [1.82, 2.24) is 9.62 Å². The Balaban J connectivity index is 1.62. The molecule has 0 aliphatic carbocycles. The Morgan fingerprint density at radius 1 is 1.00 bits per heavy atom. The minimum absolute atomic E-state index is 0.00594. The number of esters is 1. The molecule has 0 unspecified atom stereocenters. The lowest BCUT2D eigenvalue weighted by atomic mass is 9.97. The number of carbonyl (C=O) groups is 2. The SMILES string of the molecule is COC(=O)c1ccccc1S(=O)(=O)N1CCC(C(=O)NCc2cc(OC)cc(OC)c2)CC1. The van der Waals surface area contributed by atoms with Crippen LogP contribution in [-0.4, -0.2) is 59.0 Å². The van der Waals surface area contributed by atoms with Crippen LogP contribution in [0.4, 0.5) is 0 Å². The van der Waals surface area contributed by atoms with E-state index >= 15 is 0 Å². The fourth-order valence-electron chi connectivity index (χ4n) is 3.77. The van der Waals surface area contributed by atoms with Crippen molar-refractivity contribution in [2.45, 2.75) is 24.3 Å². The van der Waals surface area contributed by atoms with Gasteiger partial charge in [-0.2, -0.15) is 4.31 Å². The summed E-state index contributed by atoms with van der Waals surface area (Å²) in [6, 6.07) is 11.3. The van der Waals surface area contributed by atoms with E-state index in [2.05, 4.69) is 5.32 Å². The summed E-state index contributed by atoms with van der Waals surface area (Å²) in [5.74, 6) is 0.106. The molecule has 10 heteroatoms. The largest absolute Gasteiger partial charge is 0.497 e. The number of nitrogens with one attached hydrogen (secondary N) is 1. The number of rotatable bonds is 8. The summed E-state index contributed by atoms with van der Waals surface area (Å²) in [6.07, 6.45) is 0.764. The van der Waals surface area contributed by atoms with Gasteiger partial charge in [0.1, 0.15) is 11.5 Å². The lowest BCUT2D eigenvalue weighted by Crippen LogP contribution is -2.43. The highest BCUT2D eigenvalue weighted by Crippen LogP contribution is 2.27. The van der Waals surface area contributed by atoms with Gasteiger partial charge in [0.25, 0.3) is 0 Å². The topological polar surface area (TPSA) is 111 Å². The molecule has 1 amide bonds. The van der Waals surface area contributed by atoms with Gasteiger partial charge in [-0.05, 0) is 42.7 Å². The van der Waals surface area contributed by atoms with Crippen LogP contribution in [0.3, 0.4) is 0 Å². The van der Waals surface area contributed by atoms with Gasteiger partial charge < -0.3 is 19.5 Å². The predicted molar refractivity (Wildman–Crippen MR) is 121 cm³/mol. The smallest absolute Gasteiger partial charge is 0.339 e.